The Hall–Kier alpha value is -2.22. The number of sulfonamides is 1. The van der Waals surface area contributed by atoms with Crippen LogP contribution in [-0.4, -0.2) is 43.9 Å². The second-order valence-electron chi connectivity index (χ2n) is 7.18. The van der Waals surface area contributed by atoms with Gasteiger partial charge < -0.3 is 9.32 Å². The summed E-state index contributed by atoms with van der Waals surface area (Å²) in [4.78, 5) is 6.22. The molecule has 1 saturated heterocycles. The van der Waals surface area contributed by atoms with E-state index < -0.39 is 10.0 Å². The summed E-state index contributed by atoms with van der Waals surface area (Å²) in [6, 6.07) is 13.2. The third kappa shape index (κ3) is 3.63. The molecule has 0 amide bonds. The summed E-state index contributed by atoms with van der Waals surface area (Å²) in [7, 11) is -3.45. The van der Waals surface area contributed by atoms with Gasteiger partial charge in [0.15, 0.2) is 12.1 Å². The fourth-order valence-corrected chi connectivity index (χ4v) is 5.30. The maximum Gasteiger partial charge on any atom is 0.251 e. The predicted octanol–water partition coefficient (Wildman–Crippen LogP) is 1.53. The first kappa shape index (κ1) is 18.2. The quantitative estimate of drug-likeness (QED) is 0.739. The molecular weight excluding hydrogens is 362 g/mol. The Morgan fingerprint density at radius 3 is 2.56 bits per heavy atom. The Kier molecular flexibility index (Phi) is 4.75. The lowest BCUT2D eigenvalue weighted by Crippen LogP contribution is -3.13. The average Bonchev–Trinajstić information content (AvgIpc) is 3.04. The van der Waals surface area contributed by atoms with Crippen molar-refractivity contribution < 1.29 is 17.7 Å². The molecule has 7 heteroatoms. The number of piperazine rings is 1. The highest BCUT2D eigenvalue weighted by Gasteiger charge is 2.31. The summed E-state index contributed by atoms with van der Waals surface area (Å²) in [6.07, 6.45) is 0. The molecular formula is C20H24N3O3S+. The van der Waals surface area contributed by atoms with Crippen molar-refractivity contribution in [2.45, 2.75) is 25.3 Å². The summed E-state index contributed by atoms with van der Waals surface area (Å²) in [5.41, 5.74) is 3.53. The monoisotopic (exact) mass is 386 g/mol. The summed E-state index contributed by atoms with van der Waals surface area (Å²) in [6.45, 7) is 6.99. The van der Waals surface area contributed by atoms with Gasteiger partial charge in [0.2, 0.25) is 10.0 Å². The molecule has 0 unspecified atom stereocenters. The van der Waals surface area contributed by atoms with Gasteiger partial charge in [-0.05, 0) is 37.6 Å². The first-order valence-corrected chi connectivity index (χ1v) is 10.6. The number of fused-ring (bicyclic) bond motifs is 1. The summed E-state index contributed by atoms with van der Waals surface area (Å²) in [5, 5.41) is 0. The molecule has 1 aliphatic heterocycles. The smallest absolute Gasteiger partial charge is 0.251 e. The largest absolute Gasteiger partial charge is 0.435 e. The predicted molar refractivity (Wildman–Crippen MR) is 103 cm³/mol. The highest BCUT2D eigenvalue weighted by atomic mass is 32.2. The van der Waals surface area contributed by atoms with Crippen LogP contribution in [-0.2, 0) is 16.6 Å². The van der Waals surface area contributed by atoms with Crippen LogP contribution in [0.5, 0.6) is 0 Å². The molecule has 0 saturated carbocycles. The number of hydrogen-bond acceptors (Lipinski definition) is 4. The van der Waals surface area contributed by atoms with Crippen LogP contribution in [0.15, 0.2) is 51.8 Å². The number of para-hydroxylation sites is 2. The van der Waals surface area contributed by atoms with Gasteiger partial charge in [-0.3, -0.25) is 0 Å². The Morgan fingerprint density at radius 1 is 1.11 bits per heavy atom. The number of nitrogens with one attached hydrogen (secondary N) is 1. The molecule has 0 spiro atoms. The second kappa shape index (κ2) is 7.07. The van der Waals surface area contributed by atoms with Crippen molar-refractivity contribution in [2.75, 3.05) is 26.2 Å². The van der Waals surface area contributed by atoms with E-state index >= 15 is 0 Å². The van der Waals surface area contributed by atoms with Crippen LogP contribution in [0.4, 0.5) is 0 Å². The Labute approximate surface area is 159 Å². The van der Waals surface area contributed by atoms with Crippen LogP contribution in [0, 0.1) is 13.8 Å². The lowest BCUT2D eigenvalue weighted by Gasteiger charge is -2.31. The minimum atomic E-state index is -3.45. The fourth-order valence-electron chi connectivity index (χ4n) is 3.66. The molecule has 0 bridgehead atoms. The van der Waals surface area contributed by atoms with E-state index in [1.54, 1.807) is 10.4 Å². The van der Waals surface area contributed by atoms with Crippen LogP contribution < -0.4 is 4.90 Å². The van der Waals surface area contributed by atoms with Gasteiger partial charge in [0.1, 0.15) is 5.52 Å². The zero-order valence-electron chi connectivity index (χ0n) is 15.6. The van der Waals surface area contributed by atoms with E-state index in [1.807, 2.05) is 50.2 Å². The highest BCUT2D eigenvalue weighted by Crippen LogP contribution is 2.21. The van der Waals surface area contributed by atoms with E-state index in [4.69, 9.17) is 4.42 Å². The fraction of sp³-hybridized carbons (Fsp3) is 0.350. The molecule has 2 heterocycles. The number of nitrogens with zero attached hydrogens (tertiary/aromatic N) is 2. The van der Waals surface area contributed by atoms with Gasteiger partial charge in [0.05, 0.1) is 31.1 Å². The van der Waals surface area contributed by atoms with Crippen LogP contribution in [0.2, 0.25) is 0 Å². The molecule has 142 valence electrons. The van der Waals surface area contributed by atoms with Crippen molar-refractivity contribution in [3.05, 3.63) is 59.5 Å². The third-order valence-corrected chi connectivity index (χ3v) is 7.18. The first-order chi connectivity index (χ1) is 12.9. The highest BCUT2D eigenvalue weighted by molar-refractivity contribution is 7.89. The lowest BCUT2D eigenvalue weighted by molar-refractivity contribution is -0.918. The molecule has 4 rings (SSSR count). The molecule has 3 aromatic rings. The summed E-state index contributed by atoms with van der Waals surface area (Å²) >= 11 is 0. The zero-order chi connectivity index (χ0) is 19.0. The second-order valence-corrected chi connectivity index (χ2v) is 9.08. The molecule has 1 aromatic heterocycles. The van der Waals surface area contributed by atoms with E-state index in [-0.39, 0.29) is 0 Å². The van der Waals surface area contributed by atoms with Gasteiger partial charge in [-0.25, -0.2) is 13.4 Å². The summed E-state index contributed by atoms with van der Waals surface area (Å²) in [5.74, 6) is 0.705. The first-order valence-electron chi connectivity index (χ1n) is 9.19. The van der Waals surface area contributed by atoms with Crippen molar-refractivity contribution >= 4 is 21.1 Å². The van der Waals surface area contributed by atoms with Gasteiger partial charge in [-0.15, -0.1) is 0 Å². The number of quaternary nitrogens is 1. The van der Waals surface area contributed by atoms with Crippen LogP contribution in [0.1, 0.15) is 17.0 Å². The molecule has 1 N–H and O–H groups in total. The lowest BCUT2D eigenvalue weighted by atomic mass is 10.2. The number of rotatable bonds is 4. The van der Waals surface area contributed by atoms with Gasteiger partial charge in [-0.1, -0.05) is 29.8 Å². The Balaban J connectivity index is 1.43. The molecule has 0 atom stereocenters. The molecule has 1 aliphatic rings. The molecule has 1 fully saturated rings. The van der Waals surface area contributed by atoms with Gasteiger partial charge in [0, 0.05) is 0 Å². The molecule has 27 heavy (non-hydrogen) atoms. The normalized spacial score (nSPS) is 16.8. The van der Waals surface area contributed by atoms with Gasteiger partial charge in [-0.2, -0.15) is 4.31 Å². The minimum absolute atomic E-state index is 0.413. The molecule has 0 aliphatic carbocycles. The maximum atomic E-state index is 13.0. The van der Waals surface area contributed by atoms with E-state index in [9.17, 15) is 8.42 Å². The van der Waals surface area contributed by atoms with E-state index in [0.717, 1.165) is 35.3 Å². The van der Waals surface area contributed by atoms with Crippen molar-refractivity contribution in [1.29, 1.82) is 0 Å². The summed E-state index contributed by atoms with van der Waals surface area (Å²) < 4.78 is 33.4. The Morgan fingerprint density at radius 2 is 1.85 bits per heavy atom. The number of oxazole rings is 1. The van der Waals surface area contributed by atoms with E-state index in [2.05, 4.69) is 4.98 Å². The zero-order valence-corrected chi connectivity index (χ0v) is 16.4. The van der Waals surface area contributed by atoms with Crippen LogP contribution >= 0.6 is 0 Å². The van der Waals surface area contributed by atoms with Crippen molar-refractivity contribution in [1.82, 2.24) is 9.29 Å². The minimum Gasteiger partial charge on any atom is -0.435 e. The van der Waals surface area contributed by atoms with Crippen molar-refractivity contribution in [3.63, 3.8) is 0 Å². The third-order valence-electron chi connectivity index (χ3n) is 5.12. The van der Waals surface area contributed by atoms with Crippen LogP contribution in [0.3, 0.4) is 0 Å². The number of benzene rings is 2. The number of aromatic nitrogens is 1. The number of aryl methyl sites for hydroxylation is 2. The van der Waals surface area contributed by atoms with Gasteiger partial charge >= 0.3 is 0 Å². The van der Waals surface area contributed by atoms with Gasteiger partial charge in [0.25, 0.3) is 5.89 Å². The molecule has 6 nitrogen and oxygen atoms in total. The van der Waals surface area contributed by atoms with E-state index in [1.165, 1.54) is 4.90 Å². The standard InChI is InChI=1S/C20H23N3O3S/c1-15-7-8-19(16(2)13-15)27(24,25)23-11-9-22(10-12-23)14-20-21-17-5-3-4-6-18(17)26-20/h3-8,13H,9-12,14H2,1-2H3/p+1. The molecule has 2 aromatic carbocycles. The van der Waals surface area contributed by atoms with Crippen molar-refractivity contribution in [2.24, 2.45) is 0 Å². The maximum absolute atomic E-state index is 13.0. The van der Waals surface area contributed by atoms with Crippen LogP contribution in [0.25, 0.3) is 11.1 Å². The topological polar surface area (TPSA) is 67.8 Å². The SMILES string of the molecule is Cc1ccc(S(=O)(=O)N2CC[NH+](Cc3nc4ccccc4o3)CC2)c(C)c1. The van der Waals surface area contributed by atoms with E-state index in [0.29, 0.717) is 30.4 Å². The average molecular weight is 386 g/mol. The Bertz CT molecular complexity index is 1030. The number of hydrogen-bond donors (Lipinski definition) is 1. The molecule has 0 radical (unpaired) electrons. The van der Waals surface area contributed by atoms with Crippen molar-refractivity contribution in [3.8, 4) is 0 Å².